The number of rotatable bonds is 9. The smallest absolute Gasteiger partial charge is 0.263 e. The van der Waals surface area contributed by atoms with Crippen LogP contribution in [0.2, 0.25) is 0 Å². The Balaban J connectivity index is 1.67. The highest BCUT2D eigenvalue weighted by atomic mass is 32.2. The van der Waals surface area contributed by atoms with Crippen molar-refractivity contribution in [3.8, 4) is 22.6 Å². The van der Waals surface area contributed by atoms with Gasteiger partial charge in [0.1, 0.15) is 10.6 Å². The predicted octanol–water partition coefficient (Wildman–Crippen LogP) is 5.44. The van der Waals surface area contributed by atoms with Gasteiger partial charge in [-0.2, -0.15) is 0 Å². The molecular weight excluding hydrogens is 475 g/mol. The summed E-state index contributed by atoms with van der Waals surface area (Å²) in [5.74, 6) is 0.606. The Morgan fingerprint density at radius 1 is 1.18 bits per heavy atom. The molecule has 4 aromatic rings. The lowest BCUT2D eigenvalue weighted by molar-refractivity contribution is 0.102. The highest BCUT2D eigenvalue weighted by Gasteiger charge is 2.19. The first kappa shape index (κ1) is 23.7. The predicted molar refractivity (Wildman–Crippen MR) is 134 cm³/mol. The Morgan fingerprint density at radius 3 is 2.59 bits per heavy atom. The van der Waals surface area contributed by atoms with Gasteiger partial charge in [0.15, 0.2) is 22.4 Å². The van der Waals surface area contributed by atoms with E-state index in [-0.39, 0.29) is 29.5 Å². The zero-order valence-corrected chi connectivity index (χ0v) is 20.2. The van der Waals surface area contributed by atoms with Gasteiger partial charge >= 0.3 is 0 Å². The number of carbonyl (C=O) groups excluding carboxylic acids is 1. The third kappa shape index (κ3) is 4.62. The maximum absolute atomic E-state index is 13.4. The molecule has 2 aromatic heterocycles. The first-order valence-electron chi connectivity index (χ1n) is 10.2. The molecule has 4 rings (SSSR count). The molecule has 0 N–H and O–H groups in total. The topological polar surface area (TPSA) is 70.4 Å². The molecule has 0 aliphatic heterocycles. The molecule has 6 nitrogen and oxygen atoms in total. The zero-order chi connectivity index (χ0) is 24.2. The van der Waals surface area contributed by atoms with Crippen molar-refractivity contribution in [3.05, 3.63) is 82.2 Å². The minimum atomic E-state index is -0.344. The van der Waals surface area contributed by atoms with Crippen molar-refractivity contribution in [1.29, 1.82) is 0 Å². The summed E-state index contributed by atoms with van der Waals surface area (Å²) in [6, 6.07) is 11.0. The minimum Gasteiger partial charge on any atom is -0.493 e. The van der Waals surface area contributed by atoms with Crippen LogP contribution in [0, 0.1) is 5.82 Å². The van der Waals surface area contributed by atoms with Gasteiger partial charge < -0.3 is 9.47 Å². The number of nitrogens with zero attached hydrogens (tertiary/aromatic N) is 2. The molecule has 0 spiro atoms. The van der Waals surface area contributed by atoms with Crippen LogP contribution in [0.5, 0.6) is 11.5 Å². The van der Waals surface area contributed by atoms with E-state index in [1.807, 2.05) is 5.38 Å². The molecule has 0 bridgehead atoms. The molecule has 174 valence electrons. The van der Waals surface area contributed by atoms with Gasteiger partial charge in [-0.25, -0.2) is 9.37 Å². The number of Topliss-reactive ketones (excluding diaryl/α,β-unsaturated/α-hetero) is 1. The number of hydrogen-bond donors (Lipinski definition) is 0. The number of aromatic nitrogens is 2. The largest absolute Gasteiger partial charge is 0.493 e. The van der Waals surface area contributed by atoms with Crippen LogP contribution in [0.4, 0.5) is 4.39 Å². The van der Waals surface area contributed by atoms with E-state index in [0.29, 0.717) is 38.0 Å². The van der Waals surface area contributed by atoms with Crippen molar-refractivity contribution in [3.63, 3.8) is 0 Å². The molecule has 0 aliphatic rings. The van der Waals surface area contributed by atoms with E-state index in [0.717, 1.165) is 5.56 Å². The van der Waals surface area contributed by atoms with Crippen LogP contribution in [0.3, 0.4) is 0 Å². The number of carbonyl (C=O) groups is 1. The Labute approximate surface area is 203 Å². The van der Waals surface area contributed by atoms with E-state index < -0.39 is 0 Å². The van der Waals surface area contributed by atoms with Crippen LogP contribution in [-0.2, 0) is 6.54 Å². The molecule has 34 heavy (non-hydrogen) atoms. The normalized spacial score (nSPS) is 10.9. The van der Waals surface area contributed by atoms with Gasteiger partial charge in [-0.05, 0) is 35.9 Å². The molecule has 0 atom stereocenters. The highest BCUT2D eigenvalue weighted by Crippen LogP contribution is 2.33. The van der Waals surface area contributed by atoms with Crippen molar-refractivity contribution >= 4 is 39.1 Å². The van der Waals surface area contributed by atoms with Crippen molar-refractivity contribution in [1.82, 2.24) is 9.55 Å². The monoisotopic (exact) mass is 496 g/mol. The van der Waals surface area contributed by atoms with Crippen molar-refractivity contribution < 1.29 is 18.7 Å². The number of ether oxygens (including phenoxy) is 2. The summed E-state index contributed by atoms with van der Waals surface area (Å²) in [7, 11) is 3.04. The lowest BCUT2D eigenvalue weighted by atomic mass is 10.1. The van der Waals surface area contributed by atoms with Crippen molar-refractivity contribution in [2.24, 2.45) is 0 Å². The molecule has 0 unspecified atom stereocenters. The third-order valence-electron chi connectivity index (χ3n) is 5.16. The molecule has 0 radical (unpaired) electrons. The summed E-state index contributed by atoms with van der Waals surface area (Å²) in [5.41, 5.74) is 1.68. The Hall–Kier alpha value is -3.43. The van der Waals surface area contributed by atoms with E-state index in [2.05, 4.69) is 11.6 Å². The highest BCUT2D eigenvalue weighted by molar-refractivity contribution is 7.99. The van der Waals surface area contributed by atoms with Crippen molar-refractivity contribution in [2.45, 2.75) is 11.7 Å². The van der Waals surface area contributed by atoms with E-state index in [4.69, 9.17) is 9.47 Å². The van der Waals surface area contributed by atoms with E-state index >= 15 is 0 Å². The Bertz CT molecular complexity index is 1430. The number of halogens is 1. The maximum atomic E-state index is 13.4. The van der Waals surface area contributed by atoms with Gasteiger partial charge in [0.2, 0.25) is 0 Å². The first-order chi connectivity index (χ1) is 16.5. The van der Waals surface area contributed by atoms with E-state index in [1.165, 1.54) is 54.0 Å². The summed E-state index contributed by atoms with van der Waals surface area (Å²) in [6.45, 7) is 3.99. The number of methoxy groups -OCH3 is 2. The number of allylic oxidation sites excluding steroid dienone is 1. The average Bonchev–Trinajstić information content (AvgIpc) is 3.28. The van der Waals surface area contributed by atoms with Gasteiger partial charge in [-0.15, -0.1) is 17.9 Å². The molecule has 0 saturated carbocycles. The van der Waals surface area contributed by atoms with Crippen LogP contribution in [-0.4, -0.2) is 35.3 Å². The van der Waals surface area contributed by atoms with Gasteiger partial charge in [-0.1, -0.05) is 30.0 Å². The van der Waals surface area contributed by atoms with Crippen LogP contribution < -0.4 is 15.0 Å². The zero-order valence-electron chi connectivity index (χ0n) is 18.5. The summed E-state index contributed by atoms with van der Waals surface area (Å²) in [5, 5.41) is 2.74. The molecule has 9 heteroatoms. The van der Waals surface area contributed by atoms with E-state index in [1.54, 1.807) is 36.4 Å². The van der Waals surface area contributed by atoms with Crippen LogP contribution in [0.1, 0.15) is 10.4 Å². The lowest BCUT2D eigenvalue weighted by Gasteiger charge is -2.11. The SMILES string of the molecule is C=CCn1c(SCC(=O)c2ccc(OC)c(OC)c2)nc2scc(-c3ccc(F)cc3)c2c1=O. The second-order valence-corrected chi connectivity index (χ2v) is 9.02. The molecule has 0 amide bonds. The third-order valence-corrected chi connectivity index (χ3v) is 7.01. The van der Waals surface area contributed by atoms with Gasteiger partial charge in [0, 0.05) is 23.1 Å². The standard InChI is InChI=1S/C25H21FN2O4S2/c1-4-11-28-24(30)22-18(15-5-8-17(26)9-6-15)13-33-23(22)27-25(28)34-14-19(29)16-7-10-20(31-2)21(12-16)32-3/h4-10,12-13H,1,11,14H2,2-3H3. The molecular formula is C25H21FN2O4S2. The second kappa shape index (κ2) is 10.2. The van der Waals surface area contributed by atoms with Gasteiger partial charge in [-0.3, -0.25) is 14.2 Å². The molecule has 0 fully saturated rings. The van der Waals surface area contributed by atoms with Crippen LogP contribution >= 0.6 is 23.1 Å². The average molecular weight is 497 g/mol. The number of fused-ring (bicyclic) bond motifs is 1. The first-order valence-corrected chi connectivity index (χ1v) is 12.1. The number of hydrogen-bond acceptors (Lipinski definition) is 7. The fourth-order valence-electron chi connectivity index (χ4n) is 3.47. The fourth-order valence-corrected chi connectivity index (χ4v) is 5.36. The van der Waals surface area contributed by atoms with E-state index in [9.17, 15) is 14.0 Å². The van der Waals surface area contributed by atoms with Gasteiger partial charge in [0.25, 0.3) is 5.56 Å². The summed E-state index contributed by atoms with van der Waals surface area (Å²) in [4.78, 5) is 31.5. The second-order valence-electron chi connectivity index (χ2n) is 7.22. The molecule has 2 heterocycles. The maximum Gasteiger partial charge on any atom is 0.263 e. The number of thiophene rings is 1. The molecule has 0 saturated heterocycles. The minimum absolute atomic E-state index is 0.0841. The number of thioether (sulfide) groups is 1. The van der Waals surface area contributed by atoms with Gasteiger partial charge in [0.05, 0.1) is 25.4 Å². The fraction of sp³-hybridized carbons (Fsp3) is 0.160. The summed E-state index contributed by atoms with van der Waals surface area (Å²) >= 11 is 2.52. The molecule has 0 aliphatic carbocycles. The summed E-state index contributed by atoms with van der Waals surface area (Å²) < 4.78 is 25.4. The molecule has 2 aromatic carbocycles. The van der Waals surface area contributed by atoms with Crippen LogP contribution in [0.25, 0.3) is 21.3 Å². The van der Waals surface area contributed by atoms with Crippen LogP contribution in [0.15, 0.2) is 70.5 Å². The number of benzene rings is 2. The Morgan fingerprint density at radius 2 is 1.91 bits per heavy atom. The Kier molecular flexibility index (Phi) is 7.14. The van der Waals surface area contributed by atoms with Crippen molar-refractivity contribution in [2.75, 3.05) is 20.0 Å². The quantitative estimate of drug-likeness (QED) is 0.133. The summed E-state index contributed by atoms with van der Waals surface area (Å²) in [6.07, 6.45) is 1.61. The lowest BCUT2D eigenvalue weighted by Crippen LogP contribution is -2.23. The number of ketones is 1.